The number of anilines is 2. The molecule has 8 nitrogen and oxygen atoms in total. The number of halogens is 3. The number of amides is 3. The van der Waals surface area contributed by atoms with Crippen LogP contribution < -0.4 is 15.5 Å². The highest BCUT2D eigenvalue weighted by molar-refractivity contribution is 6.05. The van der Waals surface area contributed by atoms with E-state index in [1.54, 1.807) is 11.8 Å². The molecule has 0 aliphatic carbocycles. The molecule has 32 heavy (non-hydrogen) atoms. The minimum atomic E-state index is -4.67. The minimum Gasteiger partial charge on any atom is -0.352 e. The van der Waals surface area contributed by atoms with Crippen molar-refractivity contribution >= 4 is 29.2 Å². The molecule has 0 radical (unpaired) electrons. The molecule has 11 heteroatoms. The third-order valence-corrected chi connectivity index (χ3v) is 5.43. The van der Waals surface area contributed by atoms with Crippen molar-refractivity contribution in [2.24, 2.45) is 0 Å². The van der Waals surface area contributed by atoms with Gasteiger partial charge in [0.1, 0.15) is 6.04 Å². The molecule has 1 aromatic heterocycles. The van der Waals surface area contributed by atoms with Gasteiger partial charge in [0.15, 0.2) is 5.82 Å². The average Bonchev–Trinajstić information content (AvgIpc) is 2.77. The highest BCUT2D eigenvalue weighted by atomic mass is 19.4. The molecule has 2 aromatic rings. The number of carbonyl (C=O) groups excluding carboxylic acids is 3. The van der Waals surface area contributed by atoms with E-state index in [1.165, 1.54) is 29.3 Å². The van der Waals surface area contributed by atoms with Crippen LogP contribution in [0.1, 0.15) is 33.2 Å². The summed E-state index contributed by atoms with van der Waals surface area (Å²) in [5, 5.41) is 5.35. The van der Waals surface area contributed by atoms with Crippen LogP contribution in [0.25, 0.3) is 0 Å². The van der Waals surface area contributed by atoms with Gasteiger partial charge in [0, 0.05) is 25.8 Å². The second-order valence-corrected chi connectivity index (χ2v) is 7.45. The SMILES string of the molecule is CCNC(=O)c1cnc2c(c1)NC(=O)C1CN(C(=O)c3ccccc3C(F)(F)F)CCN21. The van der Waals surface area contributed by atoms with Gasteiger partial charge in [0.25, 0.3) is 11.8 Å². The Labute approximate surface area is 181 Å². The van der Waals surface area contributed by atoms with Crippen molar-refractivity contribution in [3.05, 3.63) is 53.2 Å². The molecule has 1 saturated heterocycles. The molecule has 0 saturated carbocycles. The van der Waals surface area contributed by atoms with Crippen LogP contribution in [0.3, 0.4) is 0 Å². The average molecular weight is 447 g/mol. The van der Waals surface area contributed by atoms with Gasteiger partial charge in [-0.05, 0) is 25.1 Å². The maximum Gasteiger partial charge on any atom is 0.417 e. The number of alkyl halides is 3. The van der Waals surface area contributed by atoms with E-state index in [9.17, 15) is 27.6 Å². The zero-order valence-corrected chi connectivity index (χ0v) is 17.1. The number of fused-ring (bicyclic) bond motifs is 3. The summed E-state index contributed by atoms with van der Waals surface area (Å²) in [5.74, 6) is -1.08. The zero-order chi connectivity index (χ0) is 23.0. The van der Waals surface area contributed by atoms with Gasteiger partial charge in [0.05, 0.1) is 28.9 Å². The third-order valence-electron chi connectivity index (χ3n) is 5.43. The predicted octanol–water partition coefficient (Wildman–Crippen LogP) is 2.13. The number of benzene rings is 1. The Kier molecular flexibility index (Phi) is 5.49. The Balaban J connectivity index is 1.57. The summed E-state index contributed by atoms with van der Waals surface area (Å²) in [5.41, 5.74) is -0.792. The second kappa shape index (κ2) is 8.13. The van der Waals surface area contributed by atoms with Gasteiger partial charge < -0.3 is 20.4 Å². The number of nitrogens with zero attached hydrogens (tertiary/aromatic N) is 3. The van der Waals surface area contributed by atoms with Gasteiger partial charge in [-0.15, -0.1) is 0 Å². The van der Waals surface area contributed by atoms with Crippen LogP contribution in [0.2, 0.25) is 0 Å². The van der Waals surface area contributed by atoms with E-state index in [0.29, 0.717) is 23.6 Å². The Morgan fingerprint density at radius 3 is 2.72 bits per heavy atom. The number of hydrogen-bond acceptors (Lipinski definition) is 5. The standard InChI is InChI=1S/C21H20F3N5O3/c1-2-25-18(30)12-9-15-17(26-10-12)29-8-7-28(11-16(29)19(31)27-15)20(32)13-5-3-4-6-14(13)21(22,23)24/h3-6,9-10,16H,2,7-8,11H2,1H3,(H,25,30)(H,27,31). The van der Waals surface area contributed by atoms with E-state index < -0.39 is 35.2 Å². The Morgan fingerprint density at radius 1 is 1.25 bits per heavy atom. The maximum absolute atomic E-state index is 13.3. The van der Waals surface area contributed by atoms with Crippen molar-refractivity contribution in [3.63, 3.8) is 0 Å². The fourth-order valence-electron chi connectivity index (χ4n) is 3.91. The first-order chi connectivity index (χ1) is 15.2. The molecule has 168 valence electrons. The van der Waals surface area contributed by atoms with Crippen molar-refractivity contribution in [3.8, 4) is 0 Å². The van der Waals surface area contributed by atoms with Crippen LogP contribution >= 0.6 is 0 Å². The maximum atomic E-state index is 13.3. The molecule has 1 fully saturated rings. The molecular weight excluding hydrogens is 427 g/mol. The van der Waals surface area contributed by atoms with Crippen molar-refractivity contribution in [2.45, 2.75) is 19.1 Å². The summed E-state index contributed by atoms with van der Waals surface area (Å²) < 4.78 is 40.0. The fraction of sp³-hybridized carbons (Fsp3) is 0.333. The number of piperazine rings is 1. The van der Waals surface area contributed by atoms with Crippen LogP contribution in [-0.2, 0) is 11.0 Å². The van der Waals surface area contributed by atoms with Gasteiger partial charge in [-0.1, -0.05) is 12.1 Å². The van der Waals surface area contributed by atoms with Crippen LogP contribution in [0.15, 0.2) is 36.5 Å². The largest absolute Gasteiger partial charge is 0.417 e. The van der Waals surface area contributed by atoms with Gasteiger partial charge in [-0.3, -0.25) is 14.4 Å². The molecule has 2 aliphatic rings. The van der Waals surface area contributed by atoms with E-state index in [4.69, 9.17) is 0 Å². The van der Waals surface area contributed by atoms with Gasteiger partial charge in [0.2, 0.25) is 5.91 Å². The van der Waals surface area contributed by atoms with Crippen molar-refractivity contribution in [1.82, 2.24) is 15.2 Å². The van der Waals surface area contributed by atoms with Crippen LogP contribution in [0.4, 0.5) is 24.7 Å². The fourth-order valence-corrected chi connectivity index (χ4v) is 3.91. The number of carbonyl (C=O) groups is 3. The van der Waals surface area contributed by atoms with Crippen LogP contribution in [0.5, 0.6) is 0 Å². The minimum absolute atomic E-state index is 0.0873. The quantitative estimate of drug-likeness (QED) is 0.752. The summed E-state index contributed by atoms with van der Waals surface area (Å²) >= 11 is 0. The molecule has 4 rings (SSSR count). The van der Waals surface area contributed by atoms with Crippen LogP contribution in [0, 0.1) is 0 Å². The highest BCUT2D eigenvalue weighted by Crippen LogP contribution is 2.35. The van der Waals surface area contributed by atoms with Gasteiger partial charge >= 0.3 is 6.18 Å². The van der Waals surface area contributed by atoms with Crippen molar-refractivity contribution in [1.29, 1.82) is 0 Å². The molecule has 3 amide bonds. The molecule has 0 spiro atoms. The molecule has 1 aromatic carbocycles. The number of pyridine rings is 1. The monoisotopic (exact) mass is 447 g/mol. The highest BCUT2D eigenvalue weighted by Gasteiger charge is 2.41. The summed E-state index contributed by atoms with van der Waals surface area (Å²) in [6, 6.07) is 5.32. The molecule has 3 heterocycles. The smallest absolute Gasteiger partial charge is 0.352 e. The second-order valence-electron chi connectivity index (χ2n) is 7.45. The first-order valence-electron chi connectivity index (χ1n) is 10.0. The Bertz CT molecular complexity index is 1090. The van der Waals surface area contributed by atoms with Crippen molar-refractivity contribution in [2.75, 3.05) is 36.4 Å². The first kappa shape index (κ1) is 21.6. The predicted molar refractivity (Wildman–Crippen MR) is 109 cm³/mol. The number of rotatable bonds is 3. The van der Waals surface area contributed by atoms with E-state index in [0.717, 1.165) is 12.1 Å². The number of nitrogens with one attached hydrogen (secondary N) is 2. The first-order valence-corrected chi connectivity index (χ1v) is 10.0. The van der Waals surface area contributed by atoms with E-state index in [1.807, 2.05) is 0 Å². The number of hydrogen-bond donors (Lipinski definition) is 2. The Hall–Kier alpha value is -3.63. The molecular formula is C21H20F3N5O3. The lowest BCUT2D eigenvalue weighted by Crippen LogP contribution is -2.61. The lowest BCUT2D eigenvalue weighted by Gasteiger charge is -2.44. The summed E-state index contributed by atoms with van der Waals surface area (Å²) in [4.78, 5) is 44.9. The topological polar surface area (TPSA) is 94.6 Å². The summed E-state index contributed by atoms with van der Waals surface area (Å²) in [6.07, 6.45) is -3.27. The molecule has 2 aliphatic heterocycles. The molecule has 2 N–H and O–H groups in total. The van der Waals surface area contributed by atoms with Gasteiger partial charge in [-0.2, -0.15) is 13.2 Å². The lowest BCUT2D eigenvalue weighted by atomic mass is 10.0. The van der Waals surface area contributed by atoms with Crippen LogP contribution in [-0.4, -0.2) is 59.8 Å². The third kappa shape index (κ3) is 3.85. The molecule has 1 unspecified atom stereocenters. The van der Waals surface area contributed by atoms with Gasteiger partial charge in [-0.25, -0.2) is 4.98 Å². The lowest BCUT2D eigenvalue weighted by molar-refractivity contribution is -0.138. The molecule has 0 bridgehead atoms. The zero-order valence-electron chi connectivity index (χ0n) is 17.1. The normalized spacial score (nSPS) is 17.9. The summed E-state index contributed by atoms with van der Waals surface area (Å²) in [7, 11) is 0. The Morgan fingerprint density at radius 2 is 2.00 bits per heavy atom. The van der Waals surface area contributed by atoms with Crippen molar-refractivity contribution < 1.29 is 27.6 Å². The van der Waals surface area contributed by atoms with E-state index in [2.05, 4.69) is 15.6 Å². The van der Waals surface area contributed by atoms with E-state index >= 15 is 0 Å². The number of aromatic nitrogens is 1. The summed E-state index contributed by atoms with van der Waals surface area (Å²) in [6.45, 7) is 2.46. The van der Waals surface area contributed by atoms with E-state index in [-0.39, 0.29) is 25.5 Å². The molecule has 1 atom stereocenters.